The predicted molar refractivity (Wildman–Crippen MR) is 69.6 cm³/mol. The van der Waals surface area contributed by atoms with Crippen LogP contribution in [0, 0.1) is 6.92 Å². The van der Waals surface area contributed by atoms with Gasteiger partial charge in [0.2, 0.25) is 6.53 Å². The third kappa shape index (κ3) is 3.04. The van der Waals surface area contributed by atoms with E-state index >= 15 is 0 Å². The maximum absolute atomic E-state index is 6.62. The first kappa shape index (κ1) is 12.1. The molecule has 0 spiro atoms. The first-order valence-electron chi connectivity index (χ1n) is 5.05. The molecule has 3 heteroatoms. The fraction of sp³-hybridized carbons (Fsp3) is 0.455. The fourth-order valence-corrected chi connectivity index (χ4v) is 6.30. The lowest BCUT2D eigenvalue weighted by atomic mass is 10.2. The van der Waals surface area contributed by atoms with Crippen LogP contribution in [-0.4, -0.2) is 6.53 Å². The summed E-state index contributed by atoms with van der Waals surface area (Å²) in [6.07, 6.45) is 0. The fourth-order valence-electron chi connectivity index (χ4n) is 1.26. The molecule has 0 bridgehead atoms. The molecule has 0 heterocycles. The Kier molecular flexibility index (Phi) is 4.55. The van der Waals surface area contributed by atoms with Crippen molar-refractivity contribution in [3.05, 3.63) is 29.8 Å². The van der Waals surface area contributed by atoms with Crippen molar-refractivity contribution in [3.8, 4) is 0 Å². The molecule has 0 amide bonds. The van der Waals surface area contributed by atoms with Gasteiger partial charge in [0.25, 0.3) is 0 Å². The quantitative estimate of drug-likeness (QED) is 0.541. The van der Waals surface area contributed by atoms with Gasteiger partial charge in [-0.2, -0.15) is 11.1 Å². The van der Waals surface area contributed by atoms with Crippen molar-refractivity contribution in [2.75, 3.05) is 0 Å². The smallest absolute Gasteiger partial charge is 0.152 e. The van der Waals surface area contributed by atoms with E-state index in [1.807, 2.05) is 11.2 Å². The van der Waals surface area contributed by atoms with Gasteiger partial charge in [-0.3, -0.25) is 0 Å². The molecule has 0 aliphatic rings. The second-order valence-electron chi connectivity index (χ2n) is 3.46. The van der Waals surface area contributed by atoms with E-state index in [0.29, 0.717) is 0 Å². The lowest BCUT2D eigenvalue weighted by Gasteiger charge is -2.21. The molecule has 0 unspecified atom stereocenters. The zero-order chi connectivity index (χ0) is 10.6. The normalized spacial score (nSPS) is 11.7. The van der Waals surface area contributed by atoms with Crippen LogP contribution < -0.4 is 0 Å². The maximum Gasteiger partial charge on any atom is 0.219 e. The molecule has 1 rings (SSSR count). The van der Waals surface area contributed by atoms with Gasteiger partial charge in [0.1, 0.15) is 0 Å². The summed E-state index contributed by atoms with van der Waals surface area (Å²) in [6, 6.07) is 10.8. The van der Waals surface area contributed by atoms with Crippen LogP contribution in [0.25, 0.3) is 0 Å². The molecule has 0 aromatic heterocycles. The zero-order valence-electron chi connectivity index (χ0n) is 9.01. The number of rotatable bonds is 4. The summed E-state index contributed by atoms with van der Waals surface area (Å²) < 4.78 is 0. The topological polar surface area (TPSA) is 0 Å². The van der Waals surface area contributed by atoms with Gasteiger partial charge in [0, 0.05) is 4.90 Å². The van der Waals surface area contributed by atoms with Gasteiger partial charge >= 0.3 is 0 Å². The number of hydrogen-bond acceptors (Lipinski definition) is 1. The zero-order valence-corrected chi connectivity index (χ0v) is 11.6. The lowest BCUT2D eigenvalue weighted by molar-refractivity contribution is 1.30. The molecule has 0 N–H and O–H groups in total. The van der Waals surface area contributed by atoms with E-state index in [9.17, 15) is 0 Å². The number of benzene rings is 1. The van der Waals surface area contributed by atoms with E-state index in [4.69, 9.17) is 11.1 Å². The summed E-state index contributed by atoms with van der Waals surface area (Å²) >= 11 is 8.54. The maximum atomic E-state index is 6.62. The van der Waals surface area contributed by atoms with Crippen LogP contribution in [0.5, 0.6) is 0 Å². The Bertz CT molecular complexity index is 297. The minimum atomic E-state index is -1.58. The Morgan fingerprint density at radius 3 is 2.29 bits per heavy atom. The van der Waals surface area contributed by atoms with Crippen LogP contribution in [0.4, 0.5) is 0 Å². The highest BCUT2D eigenvalue weighted by Crippen LogP contribution is 2.39. The molecule has 0 nitrogen and oxygen atoms in total. The molecule has 0 radical (unpaired) electrons. The molecule has 0 aliphatic carbocycles. The SMILES string of the molecule is CC[Si](Cl)(CC)Sc1ccccc1C. The number of aryl methyl sites for hydroxylation is 1. The minimum Gasteiger partial charge on any atom is -0.152 e. The molecule has 14 heavy (non-hydrogen) atoms. The van der Waals surface area contributed by atoms with Crippen LogP contribution in [-0.2, 0) is 0 Å². The molecule has 0 aliphatic heterocycles. The van der Waals surface area contributed by atoms with Gasteiger partial charge in [-0.15, -0.1) is 11.2 Å². The Morgan fingerprint density at radius 2 is 1.79 bits per heavy atom. The highest BCUT2D eigenvalue weighted by Gasteiger charge is 2.28. The minimum absolute atomic E-state index is 1.13. The van der Waals surface area contributed by atoms with Gasteiger partial charge in [-0.25, -0.2) is 0 Å². The summed E-state index contributed by atoms with van der Waals surface area (Å²) in [6.45, 7) is 4.98. The van der Waals surface area contributed by atoms with Gasteiger partial charge in [-0.1, -0.05) is 32.0 Å². The van der Waals surface area contributed by atoms with E-state index in [2.05, 4.69) is 45.0 Å². The van der Waals surface area contributed by atoms with Gasteiger partial charge in [0.15, 0.2) is 0 Å². The van der Waals surface area contributed by atoms with Crippen molar-refractivity contribution in [2.45, 2.75) is 37.8 Å². The van der Waals surface area contributed by atoms with E-state index in [0.717, 1.165) is 12.1 Å². The number of halogens is 1. The van der Waals surface area contributed by atoms with Gasteiger partial charge < -0.3 is 0 Å². The standard InChI is InChI=1S/C11H17ClSSi/c1-4-14(12,5-2)13-11-9-7-6-8-10(11)3/h6-9H,4-5H2,1-3H3. The van der Waals surface area contributed by atoms with Crippen LogP contribution in [0.1, 0.15) is 19.4 Å². The Hall–Kier alpha value is 0.0769. The van der Waals surface area contributed by atoms with E-state index < -0.39 is 6.53 Å². The Balaban J connectivity index is 2.82. The molecular formula is C11H17ClSSi. The van der Waals surface area contributed by atoms with Crippen molar-refractivity contribution in [3.63, 3.8) is 0 Å². The summed E-state index contributed by atoms with van der Waals surface area (Å²) in [7, 11) is 0. The molecule has 0 saturated heterocycles. The molecule has 0 fully saturated rings. The van der Waals surface area contributed by atoms with Gasteiger partial charge in [-0.05, 0) is 30.6 Å². The molecule has 78 valence electrons. The second-order valence-corrected chi connectivity index (χ2v) is 13.1. The average molecular weight is 245 g/mol. The summed E-state index contributed by atoms with van der Waals surface area (Å²) in [5, 5.41) is 0. The summed E-state index contributed by atoms with van der Waals surface area (Å²) in [4.78, 5) is 1.36. The van der Waals surface area contributed by atoms with Crippen LogP contribution in [0.2, 0.25) is 12.1 Å². The highest BCUT2D eigenvalue weighted by atomic mass is 35.6. The predicted octanol–water partition coefficient (Wildman–Crippen LogP) is 4.81. The molecule has 0 saturated carbocycles. The second kappa shape index (κ2) is 5.24. The van der Waals surface area contributed by atoms with Crippen LogP contribution in [0.15, 0.2) is 29.2 Å². The monoisotopic (exact) mass is 244 g/mol. The Labute approximate surface area is 96.4 Å². The van der Waals surface area contributed by atoms with Crippen molar-refractivity contribution >= 4 is 28.8 Å². The van der Waals surface area contributed by atoms with Crippen molar-refractivity contribution in [1.29, 1.82) is 0 Å². The molecule has 0 atom stereocenters. The van der Waals surface area contributed by atoms with Crippen molar-refractivity contribution in [2.24, 2.45) is 0 Å². The van der Waals surface area contributed by atoms with Crippen LogP contribution >= 0.6 is 22.3 Å². The first-order valence-corrected chi connectivity index (χ1v) is 10.0. The Morgan fingerprint density at radius 1 is 1.21 bits per heavy atom. The molecule has 1 aromatic rings. The molecular weight excluding hydrogens is 228 g/mol. The average Bonchev–Trinajstić information content (AvgIpc) is 2.21. The molecule has 1 aromatic carbocycles. The lowest BCUT2D eigenvalue weighted by Crippen LogP contribution is -2.19. The summed E-state index contributed by atoms with van der Waals surface area (Å²) in [5.74, 6) is 0. The van der Waals surface area contributed by atoms with Gasteiger partial charge in [0.05, 0.1) is 0 Å². The van der Waals surface area contributed by atoms with Crippen molar-refractivity contribution in [1.82, 2.24) is 0 Å². The third-order valence-corrected chi connectivity index (χ3v) is 11.4. The van der Waals surface area contributed by atoms with Crippen LogP contribution in [0.3, 0.4) is 0 Å². The van der Waals surface area contributed by atoms with E-state index in [1.165, 1.54) is 10.5 Å². The largest absolute Gasteiger partial charge is 0.219 e. The van der Waals surface area contributed by atoms with Crippen molar-refractivity contribution < 1.29 is 0 Å². The van der Waals surface area contributed by atoms with E-state index in [-0.39, 0.29) is 0 Å². The number of hydrogen-bond donors (Lipinski definition) is 0. The highest BCUT2D eigenvalue weighted by molar-refractivity contribution is 8.33. The third-order valence-electron chi connectivity index (χ3n) is 2.44. The first-order chi connectivity index (χ1) is 6.61. The van der Waals surface area contributed by atoms with E-state index in [1.54, 1.807) is 0 Å². The summed E-state index contributed by atoms with van der Waals surface area (Å²) in [5.41, 5.74) is 1.34.